The number of anilines is 1. The predicted octanol–water partition coefficient (Wildman–Crippen LogP) is 4.02. The Bertz CT molecular complexity index is 1010. The van der Waals surface area contributed by atoms with Gasteiger partial charge in [0.2, 0.25) is 5.91 Å². The summed E-state index contributed by atoms with van der Waals surface area (Å²) in [5.41, 5.74) is -0.295. The van der Waals surface area contributed by atoms with Crippen molar-refractivity contribution < 1.29 is 18.0 Å². The molecule has 0 spiro atoms. The van der Waals surface area contributed by atoms with Crippen molar-refractivity contribution in [3.05, 3.63) is 70.0 Å². The minimum Gasteiger partial charge on any atom is -0.315 e. The second kappa shape index (κ2) is 7.75. The fraction of sp³-hybridized carbons (Fsp3) is 0.167. The van der Waals surface area contributed by atoms with Crippen molar-refractivity contribution in [1.29, 1.82) is 0 Å². The third-order valence-corrected chi connectivity index (χ3v) is 4.47. The molecule has 0 saturated heterocycles. The number of benzene rings is 1. The van der Waals surface area contributed by atoms with Gasteiger partial charge >= 0.3 is 6.18 Å². The molecule has 0 aliphatic carbocycles. The Labute approximate surface area is 156 Å². The van der Waals surface area contributed by atoms with Gasteiger partial charge in [0.1, 0.15) is 0 Å². The van der Waals surface area contributed by atoms with Gasteiger partial charge in [0.25, 0.3) is 5.56 Å². The molecule has 0 aliphatic rings. The molecule has 9 heteroatoms. The van der Waals surface area contributed by atoms with Crippen LogP contribution >= 0.6 is 11.3 Å². The third kappa shape index (κ3) is 4.82. The van der Waals surface area contributed by atoms with Crippen LogP contribution in [0.1, 0.15) is 12.0 Å². The van der Waals surface area contributed by atoms with E-state index in [-0.39, 0.29) is 29.6 Å². The number of alkyl halides is 3. The number of halogens is 3. The Hall–Kier alpha value is -2.94. The molecule has 3 aromatic rings. The Morgan fingerprint density at radius 2 is 2.00 bits per heavy atom. The summed E-state index contributed by atoms with van der Waals surface area (Å²) >= 11 is 1.12. The third-order valence-electron chi connectivity index (χ3n) is 3.71. The normalized spacial score (nSPS) is 11.4. The van der Waals surface area contributed by atoms with Gasteiger partial charge in [-0.1, -0.05) is 18.2 Å². The number of aryl methyl sites for hydroxylation is 1. The molecule has 1 amide bonds. The maximum atomic E-state index is 12.8. The average Bonchev–Trinajstić information content (AvgIpc) is 3.09. The van der Waals surface area contributed by atoms with E-state index in [9.17, 15) is 22.8 Å². The summed E-state index contributed by atoms with van der Waals surface area (Å²) in [5.74, 6) is -0.337. The summed E-state index contributed by atoms with van der Waals surface area (Å²) < 4.78 is 39.9. The zero-order valence-corrected chi connectivity index (χ0v) is 14.7. The van der Waals surface area contributed by atoms with E-state index in [1.165, 1.54) is 22.8 Å². The lowest BCUT2D eigenvalue weighted by Crippen LogP contribution is -2.21. The Morgan fingerprint density at radius 3 is 2.74 bits per heavy atom. The second-order valence-electron chi connectivity index (χ2n) is 5.65. The number of rotatable bonds is 5. The Balaban J connectivity index is 1.65. The summed E-state index contributed by atoms with van der Waals surface area (Å²) in [6.45, 7) is 0.220. The zero-order chi connectivity index (χ0) is 19.4. The molecule has 0 radical (unpaired) electrons. The smallest absolute Gasteiger partial charge is 0.315 e. The Kier molecular flexibility index (Phi) is 5.41. The number of thiazole rings is 1. The molecule has 0 bridgehead atoms. The molecule has 140 valence electrons. The van der Waals surface area contributed by atoms with E-state index < -0.39 is 11.7 Å². The topological polar surface area (TPSA) is 64.0 Å². The molecular formula is C18H14F3N3O2S. The van der Waals surface area contributed by atoms with Crippen LogP contribution in [0.15, 0.2) is 58.8 Å². The largest absolute Gasteiger partial charge is 0.416 e. The molecule has 1 N–H and O–H groups in total. The van der Waals surface area contributed by atoms with Gasteiger partial charge < -0.3 is 9.88 Å². The van der Waals surface area contributed by atoms with Crippen LogP contribution in [0.25, 0.3) is 11.3 Å². The number of hydrogen-bond donors (Lipinski definition) is 1. The molecule has 27 heavy (non-hydrogen) atoms. The maximum absolute atomic E-state index is 12.8. The predicted molar refractivity (Wildman–Crippen MR) is 96.5 cm³/mol. The number of amides is 1. The fourth-order valence-corrected chi connectivity index (χ4v) is 3.10. The summed E-state index contributed by atoms with van der Waals surface area (Å²) in [5, 5.41) is 4.46. The van der Waals surface area contributed by atoms with E-state index in [0.29, 0.717) is 11.3 Å². The minimum absolute atomic E-state index is 0.0718. The quantitative estimate of drug-likeness (QED) is 0.712. The molecule has 0 unspecified atom stereocenters. The van der Waals surface area contributed by atoms with Crippen molar-refractivity contribution in [3.63, 3.8) is 0 Å². The van der Waals surface area contributed by atoms with Crippen molar-refractivity contribution in [2.45, 2.75) is 19.1 Å². The molecule has 0 saturated carbocycles. The van der Waals surface area contributed by atoms with Crippen LogP contribution in [0.5, 0.6) is 0 Å². The van der Waals surface area contributed by atoms with E-state index in [4.69, 9.17) is 0 Å². The average molecular weight is 393 g/mol. The molecular weight excluding hydrogens is 379 g/mol. The summed E-state index contributed by atoms with van der Waals surface area (Å²) in [7, 11) is 0. The first-order valence-corrected chi connectivity index (χ1v) is 8.79. The lowest BCUT2D eigenvalue weighted by Gasteiger charge is -2.07. The van der Waals surface area contributed by atoms with Crippen LogP contribution in [0.2, 0.25) is 0 Å². The van der Waals surface area contributed by atoms with Gasteiger partial charge in [-0.25, -0.2) is 4.98 Å². The highest BCUT2D eigenvalue weighted by molar-refractivity contribution is 7.14. The van der Waals surface area contributed by atoms with Crippen LogP contribution in [0.4, 0.5) is 18.3 Å². The first-order chi connectivity index (χ1) is 12.8. The van der Waals surface area contributed by atoms with Crippen molar-refractivity contribution in [1.82, 2.24) is 9.55 Å². The van der Waals surface area contributed by atoms with E-state index in [2.05, 4.69) is 10.3 Å². The molecule has 2 heterocycles. The van der Waals surface area contributed by atoms with Gasteiger partial charge in [0.05, 0.1) is 11.3 Å². The number of nitrogens with zero attached hydrogens (tertiary/aromatic N) is 2. The number of pyridine rings is 1. The molecule has 0 aliphatic heterocycles. The fourth-order valence-electron chi connectivity index (χ4n) is 2.37. The van der Waals surface area contributed by atoms with Gasteiger partial charge in [-0.3, -0.25) is 9.59 Å². The highest BCUT2D eigenvalue weighted by Gasteiger charge is 2.30. The highest BCUT2D eigenvalue weighted by atomic mass is 32.1. The first kappa shape index (κ1) is 18.8. The number of carbonyl (C=O) groups excluding carboxylic acids is 1. The van der Waals surface area contributed by atoms with Crippen molar-refractivity contribution >= 4 is 22.4 Å². The number of carbonyl (C=O) groups is 1. The molecule has 0 atom stereocenters. The summed E-state index contributed by atoms with van der Waals surface area (Å²) in [6.07, 6.45) is -2.77. The lowest BCUT2D eigenvalue weighted by molar-refractivity contribution is -0.137. The van der Waals surface area contributed by atoms with Crippen molar-refractivity contribution in [2.24, 2.45) is 0 Å². The van der Waals surface area contributed by atoms with Gasteiger partial charge in [-0.15, -0.1) is 11.3 Å². The standard InChI is InChI=1S/C18H14F3N3O2S/c19-18(20,21)13-5-3-4-12(10-13)14-11-27-17(22-14)23-15(25)7-9-24-8-2-1-6-16(24)26/h1-6,8,10-11H,7,9H2,(H,22,23,25). The van der Waals surface area contributed by atoms with Crippen LogP contribution in [-0.2, 0) is 17.5 Å². The molecule has 2 aromatic heterocycles. The maximum Gasteiger partial charge on any atom is 0.416 e. The van der Waals surface area contributed by atoms with Crippen LogP contribution in [0.3, 0.4) is 0 Å². The van der Waals surface area contributed by atoms with Crippen LogP contribution < -0.4 is 10.9 Å². The summed E-state index contributed by atoms with van der Waals surface area (Å²) in [6, 6.07) is 9.56. The van der Waals surface area contributed by atoms with Crippen molar-refractivity contribution in [3.8, 4) is 11.3 Å². The zero-order valence-electron chi connectivity index (χ0n) is 13.9. The molecule has 3 rings (SSSR count). The summed E-state index contributed by atoms with van der Waals surface area (Å²) in [4.78, 5) is 27.8. The van der Waals surface area contributed by atoms with E-state index >= 15 is 0 Å². The monoisotopic (exact) mass is 393 g/mol. The number of nitrogens with one attached hydrogen (secondary N) is 1. The van der Waals surface area contributed by atoms with Gasteiger partial charge in [-0.2, -0.15) is 13.2 Å². The van der Waals surface area contributed by atoms with Gasteiger partial charge in [-0.05, 0) is 18.2 Å². The SMILES string of the molecule is O=C(CCn1ccccc1=O)Nc1nc(-c2cccc(C(F)(F)F)c2)cs1. The minimum atomic E-state index is -4.43. The number of hydrogen-bond acceptors (Lipinski definition) is 4. The highest BCUT2D eigenvalue weighted by Crippen LogP contribution is 2.33. The van der Waals surface area contributed by atoms with E-state index in [1.54, 1.807) is 23.7 Å². The molecule has 0 fully saturated rings. The second-order valence-corrected chi connectivity index (χ2v) is 6.51. The van der Waals surface area contributed by atoms with Gasteiger partial charge in [0.15, 0.2) is 5.13 Å². The van der Waals surface area contributed by atoms with Crippen LogP contribution in [0, 0.1) is 0 Å². The molecule has 1 aromatic carbocycles. The molecule has 5 nitrogen and oxygen atoms in total. The van der Waals surface area contributed by atoms with Crippen molar-refractivity contribution in [2.75, 3.05) is 5.32 Å². The number of aromatic nitrogens is 2. The van der Waals surface area contributed by atoms with E-state index in [1.807, 2.05) is 0 Å². The first-order valence-electron chi connectivity index (χ1n) is 7.91. The van der Waals surface area contributed by atoms with Gasteiger partial charge in [0, 0.05) is 36.2 Å². The lowest BCUT2D eigenvalue weighted by atomic mass is 10.1. The van der Waals surface area contributed by atoms with Crippen LogP contribution in [-0.4, -0.2) is 15.5 Å². The Morgan fingerprint density at radius 1 is 1.19 bits per heavy atom. The van der Waals surface area contributed by atoms with E-state index in [0.717, 1.165) is 23.5 Å².